The Morgan fingerprint density at radius 1 is 0.564 bits per heavy atom. The maximum absolute atomic E-state index is 12.3. The maximum Gasteiger partial charge on any atom is 0.339 e. The Kier molecular flexibility index (Phi) is 15.0. The first-order valence-electron chi connectivity index (χ1n) is 17.2. The number of carbonyl (C=O) groups excluding carboxylic acids is 2. The molecule has 0 spiro atoms. The van der Waals surface area contributed by atoms with Gasteiger partial charge in [0, 0.05) is 44.9 Å². The Morgan fingerprint density at radius 3 is 1.49 bits per heavy atom. The molecule has 0 bridgehead atoms. The van der Waals surface area contributed by atoms with Crippen molar-refractivity contribution >= 4 is 79.8 Å². The highest BCUT2D eigenvalue weighted by atomic mass is 35.5. The van der Waals surface area contributed by atoms with Gasteiger partial charge in [-0.05, 0) is 72.2 Å². The zero-order chi connectivity index (χ0) is 39.2. The molecular weight excluding hydrogens is 778 g/mol. The van der Waals surface area contributed by atoms with Crippen LogP contribution >= 0.6 is 45.9 Å². The molecule has 0 aliphatic carbocycles. The highest BCUT2D eigenvalue weighted by Crippen LogP contribution is 2.37. The number of hydrogen-bond donors (Lipinski definition) is 5. The lowest BCUT2D eigenvalue weighted by Gasteiger charge is -2.08. The number of rotatable bonds is 14. The summed E-state index contributed by atoms with van der Waals surface area (Å²) in [7, 11) is 0. The molecule has 3 amide bonds. The number of carbonyl (C=O) groups is 4. The summed E-state index contributed by atoms with van der Waals surface area (Å²) >= 11 is 14.2. The van der Waals surface area contributed by atoms with Crippen molar-refractivity contribution in [2.45, 2.75) is 32.1 Å². The summed E-state index contributed by atoms with van der Waals surface area (Å²) in [5.41, 5.74) is 5.15. The van der Waals surface area contributed by atoms with Crippen LogP contribution in [0.15, 0.2) is 120 Å². The summed E-state index contributed by atoms with van der Waals surface area (Å²) < 4.78 is 0. The van der Waals surface area contributed by atoms with Crippen LogP contribution in [0.3, 0.4) is 0 Å². The number of aromatic carboxylic acids is 2. The van der Waals surface area contributed by atoms with E-state index in [1.807, 2.05) is 48.5 Å². The fraction of sp³-hybridized carbons (Fsp3) is 0.143. The van der Waals surface area contributed by atoms with Crippen molar-refractivity contribution in [2.75, 3.05) is 17.2 Å². The summed E-state index contributed by atoms with van der Waals surface area (Å²) in [5.74, 6) is -2.33. The van der Waals surface area contributed by atoms with E-state index in [9.17, 15) is 29.4 Å². The Hall–Kier alpha value is -5.46. The molecule has 0 atom stereocenters. The van der Waals surface area contributed by atoms with Crippen LogP contribution in [0.1, 0.15) is 51.1 Å². The highest BCUT2D eigenvalue weighted by Gasteiger charge is 2.22. The molecule has 0 aliphatic rings. The van der Waals surface area contributed by atoms with E-state index in [0.717, 1.165) is 36.0 Å². The van der Waals surface area contributed by atoms with Gasteiger partial charge in [-0.1, -0.05) is 108 Å². The zero-order valence-corrected chi connectivity index (χ0v) is 32.5. The Balaban J connectivity index is 0.000000211. The minimum absolute atomic E-state index is 0.0699. The number of nitrogens with one attached hydrogen (secondary N) is 3. The molecule has 5 N–H and O–H groups in total. The quantitative estimate of drug-likeness (QED) is 0.0692. The van der Waals surface area contributed by atoms with Crippen molar-refractivity contribution in [3.8, 4) is 22.3 Å². The molecule has 2 heterocycles. The van der Waals surface area contributed by atoms with Crippen molar-refractivity contribution in [1.29, 1.82) is 0 Å². The molecule has 6 aromatic rings. The first-order valence-corrected chi connectivity index (χ1v) is 19.7. The number of aryl methyl sites for hydroxylation is 1. The topological polar surface area (TPSA) is 145 Å². The molecule has 0 aliphatic heterocycles. The van der Waals surface area contributed by atoms with E-state index < -0.39 is 18.0 Å². The number of thiophene rings is 2. The number of urea groups is 1. The van der Waals surface area contributed by atoms with Gasteiger partial charge in [-0.2, -0.15) is 0 Å². The van der Waals surface area contributed by atoms with Gasteiger partial charge in [-0.15, -0.1) is 22.7 Å². The maximum atomic E-state index is 12.3. The van der Waals surface area contributed by atoms with E-state index in [4.69, 9.17) is 23.2 Å². The van der Waals surface area contributed by atoms with Crippen LogP contribution in [-0.2, 0) is 17.6 Å². The molecule has 13 heteroatoms. The molecule has 0 saturated carbocycles. The van der Waals surface area contributed by atoms with Crippen molar-refractivity contribution < 1.29 is 29.4 Å². The molecule has 55 heavy (non-hydrogen) atoms. The van der Waals surface area contributed by atoms with Crippen LogP contribution < -0.4 is 16.0 Å². The lowest BCUT2D eigenvalue weighted by molar-refractivity contribution is -0.116. The molecule has 6 rings (SSSR count). The number of carboxylic acids is 2. The largest absolute Gasteiger partial charge is 0.478 e. The zero-order valence-electron chi connectivity index (χ0n) is 29.4. The van der Waals surface area contributed by atoms with Crippen LogP contribution in [0.4, 0.5) is 14.8 Å². The first kappa shape index (κ1) is 40.7. The summed E-state index contributed by atoms with van der Waals surface area (Å²) in [6.07, 6.45) is 3.64. The standard InChI is InChI=1S/C22H20ClNO3S.C20H17ClN2O3S/c23-17-12-10-16(11-13-17)18-14-28-21(20(18)22(26)27)24-19(25)9-5-4-8-15-6-2-1-3-7-15;21-15-8-6-14(7-9-15)16-12-27-18(17(16)19(24)25)23-20(26)22-11-10-13-4-2-1-3-5-13/h1-3,6-7,10-14H,4-5,8-9H2,(H,24,25)(H,26,27);1-9,12H,10-11H2,(H,24,25)(H2,22,23,26). The van der Waals surface area contributed by atoms with E-state index in [1.54, 1.807) is 59.3 Å². The van der Waals surface area contributed by atoms with Crippen molar-refractivity contribution in [2.24, 2.45) is 0 Å². The third-order valence-electron chi connectivity index (χ3n) is 8.30. The van der Waals surface area contributed by atoms with Gasteiger partial charge in [0.05, 0.1) is 0 Å². The van der Waals surface area contributed by atoms with Crippen LogP contribution in [-0.4, -0.2) is 40.6 Å². The second-order valence-corrected chi connectivity index (χ2v) is 14.8. The molecule has 0 unspecified atom stereocenters. The number of carboxylic acid groups (broad SMARTS) is 2. The monoisotopic (exact) mass is 813 g/mol. The number of hydrogen-bond acceptors (Lipinski definition) is 6. The number of anilines is 2. The number of benzene rings is 4. The lowest BCUT2D eigenvalue weighted by atomic mass is 10.0. The molecule has 2 aromatic heterocycles. The minimum Gasteiger partial charge on any atom is -0.478 e. The molecule has 282 valence electrons. The summed E-state index contributed by atoms with van der Waals surface area (Å²) in [6, 6.07) is 33.4. The van der Waals surface area contributed by atoms with E-state index in [0.29, 0.717) is 50.6 Å². The van der Waals surface area contributed by atoms with Gasteiger partial charge in [0.1, 0.15) is 21.1 Å². The van der Waals surface area contributed by atoms with Gasteiger partial charge in [0.15, 0.2) is 0 Å². The van der Waals surface area contributed by atoms with Crippen LogP contribution in [0.25, 0.3) is 22.3 Å². The molecule has 0 saturated heterocycles. The average Bonchev–Trinajstić information content (AvgIpc) is 3.80. The lowest BCUT2D eigenvalue weighted by Crippen LogP contribution is -2.30. The average molecular weight is 815 g/mol. The van der Waals surface area contributed by atoms with Gasteiger partial charge in [0.25, 0.3) is 0 Å². The van der Waals surface area contributed by atoms with Crippen LogP contribution in [0.5, 0.6) is 0 Å². The van der Waals surface area contributed by atoms with Gasteiger partial charge >= 0.3 is 18.0 Å². The summed E-state index contributed by atoms with van der Waals surface area (Å²) in [5, 5.41) is 32.7. The fourth-order valence-corrected chi connectivity index (χ4v) is 7.75. The van der Waals surface area contributed by atoms with Crippen LogP contribution in [0, 0.1) is 0 Å². The summed E-state index contributed by atoms with van der Waals surface area (Å²) in [6.45, 7) is 0.452. The van der Waals surface area contributed by atoms with Gasteiger partial charge < -0.3 is 20.8 Å². The van der Waals surface area contributed by atoms with E-state index >= 15 is 0 Å². The number of halogens is 2. The SMILES string of the molecule is O=C(CCCCc1ccccc1)Nc1scc(-c2ccc(Cl)cc2)c1C(=O)O.O=C(NCCc1ccccc1)Nc1scc(-c2ccc(Cl)cc2)c1C(=O)O. The minimum atomic E-state index is -1.10. The first-order chi connectivity index (χ1) is 26.6. The highest BCUT2D eigenvalue weighted by molar-refractivity contribution is 7.15. The molecule has 0 fully saturated rings. The normalized spacial score (nSPS) is 10.5. The smallest absolute Gasteiger partial charge is 0.339 e. The second kappa shape index (κ2) is 20.3. The van der Waals surface area contributed by atoms with E-state index in [-0.39, 0.29) is 17.0 Å². The molecule has 0 radical (unpaired) electrons. The van der Waals surface area contributed by atoms with E-state index in [1.165, 1.54) is 28.2 Å². The third kappa shape index (κ3) is 12.0. The van der Waals surface area contributed by atoms with Crippen molar-refractivity contribution in [1.82, 2.24) is 5.32 Å². The van der Waals surface area contributed by atoms with Crippen molar-refractivity contribution in [3.63, 3.8) is 0 Å². The number of amides is 3. The Labute approximate surface area is 336 Å². The second-order valence-electron chi connectivity index (χ2n) is 12.2. The van der Waals surface area contributed by atoms with E-state index in [2.05, 4.69) is 28.1 Å². The summed E-state index contributed by atoms with van der Waals surface area (Å²) in [4.78, 5) is 47.9. The fourth-order valence-electron chi connectivity index (χ4n) is 5.57. The third-order valence-corrected chi connectivity index (χ3v) is 10.6. The molecular formula is C42H37Cl2N3O6S2. The van der Waals surface area contributed by atoms with Gasteiger partial charge in [0.2, 0.25) is 5.91 Å². The predicted molar refractivity (Wildman–Crippen MR) is 223 cm³/mol. The van der Waals surface area contributed by atoms with Crippen molar-refractivity contribution in [3.05, 3.63) is 152 Å². The van der Waals surface area contributed by atoms with Crippen LogP contribution in [0.2, 0.25) is 10.0 Å². The number of unbranched alkanes of at least 4 members (excludes halogenated alkanes) is 1. The molecule has 9 nitrogen and oxygen atoms in total. The molecule has 4 aromatic carbocycles. The predicted octanol–water partition coefficient (Wildman–Crippen LogP) is 11.2. The Bertz CT molecular complexity index is 2210. The van der Waals surface area contributed by atoms with Gasteiger partial charge in [-0.25, -0.2) is 14.4 Å². The van der Waals surface area contributed by atoms with Gasteiger partial charge in [-0.3, -0.25) is 10.1 Å². The Morgan fingerprint density at radius 2 is 1.02 bits per heavy atom.